The van der Waals surface area contributed by atoms with Crippen molar-refractivity contribution in [2.75, 3.05) is 25.5 Å². The number of anilines is 1. The largest absolute Gasteiger partial charge is 0.340 e. The minimum atomic E-state index is -0.143. The summed E-state index contributed by atoms with van der Waals surface area (Å²) in [6, 6.07) is 0. The van der Waals surface area contributed by atoms with E-state index in [2.05, 4.69) is 9.97 Å². The fourth-order valence-electron chi connectivity index (χ4n) is 2.54. The van der Waals surface area contributed by atoms with Crippen LogP contribution < -0.4 is 4.90 Å². The summed E-state index contributed by atoms with van der Waals surface area (Å²) in [6.07, 6.45) is 3.96. The van der Waals surface area contributed by atoms with E-state index in [0.29, 0.717) is 24.5 Å². The SMILES string of the molecule is Cc1nc(C)c(CCCN(C)C(=O)c2c(N(C)C=O)ncn2C)s1. The fraction of sp³-hybridized carbons (Fsp3) is 0.500. The van der Waals surface area contributed by atoms with Gasteiger partial charge in [0, 0.05) is 32.6 Å². The minimum Gasteiger partial charge on any atom is -0.340 e. The average Bonchev–Trinajstić information content (AvgIpc) is 3.08. The molecule has 7 nitrogen and oxygen atoms in total. The van der Waals surface area contributed by atoms with Crippen molar-refractivity contribution in [3.8, 4) is 0 Å². The lowest BCUT2D eigenvalue weighted by atomic mass is 10.2. The molecule has 0 saturated heterocycles. The number of aryl methyl sites for hydroxylation is 4. The molecule has 0 saturated carbocycles. The number of thiazole rings is 1. The summed E-state index contributed by atoms with van der Waals surface area (Å²) in [5.74, 6) is 0.231. The molecule has 2 amide bonds. The van der Waals surface area contributed by atoms with E-state index >= 15 is 0 Å². The van der Waals surface area contributed by atoms with E-state index in [0.717, 1.165) is 23.5 Å². The molecule has 2 aromatic heterocycles. The van der Waals surface area contributed by atoms with Crippen molar-refractivity contribution >= 4 is 29.5 Å². The van der Waals surface area contributed by atoms with Crippen LogP contribution in [-0.2, 0) is 18.3 Å². The number of carbonyl (C=O) groups excluding carboxylic acids is 2. The third-order valence-electron chi connectivity index (χ3n) is 3.86. The topological polar surface area (TPSA) is 71.3 Å². The number of carbonyl (C=O) groups is 2. The first-order valence-corrected chi connectivity index (χ1v) is 8.54. The van der Waals surface area contributed by atoms with Crippen LogP contribution in [-0.4, -0.2) is 52.4 Å². The van der Waals surface area contributed by atoms with Gasteiger partial charge in [0.1, 0.15) is 0 Å². The molecule has 2 heterocycles. The number of imidazole rings is 1. The molecule has 0 aliphatic rings. The Kier molecular flexibility index (Phi) is 5.71. The smallest absolute Gasteiger partial charge is 0.274 e. The molecule has 0 aromatic carbocycles. The molecular formula is C16H23N5O2S. The van der Waals surface area contributed by atoms with Crippen molar-refractivity contribution < 1.29 is 9.59 Å². The Morgan fingerprint density at radius 2 is 2.08 bits per heavy atom. The number of nitrogens with zero attached hydrogens (tertiary/aromatic N) is 5. The van der Waals surface area contributed by atoms with E-state index in [9.17, 15) is 9.59 Å². The summed E-state index contributed by atoms with van der Waals surface area (Å²) in [4.78, 5) is 36.5. The van der Waals surface area contributed by atoms with Crippen molar-refractivity contribution in [1.82, 2.24) is 19.4 Å². The molecule has 2 rings (SSSR count). The van der Waals surface area contributed by atoms with Crippen LogP contribution in [0.5, 0.6) is 0 Å². The number of hydrogen-bond donors (Lipinski definition) is 0. The summed E-state index contributed by atoms with van der Waals surface area (Å²) >= 11 is 1.71. The summed E-state index contributed by atoms with van der Waals surface area (Å²) in [5.41, 5.74) is 1.49. The Morgan fingerprint density at radius 3 is 2.67 bits per heavy atom. The van der Waals surface area contributed by atoms with Crippen LogP contribution in [0.3, 0.4) is 0 Å². The lowest BCUT2D eigenvalue weighted by Gasteiger charge is -2.19. The molecule has 0 unspecified atom stereocenters. The van der Waals surface area contributed by atoms with Gasteiger partial charge in [0.15, 0.2) is 11.5 Å². The van der Waals surface area contributed by atoms with Crippen LogP contribution in [0.2, 0.25) is 0 Å². The number of rotatable bonds is 7. The molecule has 0 bridgehead atoms. The van der Waals surface area contributed by atoms with E-state index in [1.807, 2.05) is 13.8 Å². The highest BCUT2D eigenvalue weighted by atomic mass is 32.1. The van der Waals surface area contributed by atoms with Crippen LogP contribution in [0.15, 0.2) is 6.33 Å². The van der Waals surface area contributed by atoms with Crippen molar-refractivity contribution in [2.24, 2.45) is 7.05 Å². The van der Waals surface area contributed by atoms with Crippen LogP contribution >= 0.6 is 11.3 Å². The number of aromatic nitrogens is 3. The maximum atomic E-state index is 12.7. The Morgan fingerprint density at radius 1 is 1.38 bits per heavy atom. The second kappa shape index (κ2) is 7.57. The summed E-state index contributed by atoms with van der Waals surface area (Å²) in [5, 5.41) is 1.07. The first-order chi connectivity index (χ1) is 11.3. The lowest BCUT2D eigenvalue weighted by Crippen LogP contribution is -2.31. The Hall–Kier alpha value is -2.22. The molecule has 2 aromatic rings. The van der Waals surface area contributed by atoms with Gasteiger partial charge in [0.25, 0.3) is 5.91 Å². The van der Waals surface area contributed by atoms with Crippen LogP contribution in [0.1, 0.15) is 32.5 Å². The van der Waals surface area contributed by atoms with E-state index in [-0.39, 0.29) is 5.91 Å². The lowest BCUT2D eigenvalue weighted by molar-refractivity contribution is -0.107. The molecule has 0 spiro atoms. The van der Waals surface area contributed by atoms with Gasteiger partial charge in [0.05, 0.1) is 17.0 Å². The van der Waals surface area contributed by atoms with Gasteiger partial charge < -0.3 is 14.4 Å². The Balaban J connectivity index is 2.01. The molecule has 0 fully saturated rings. The first-order valence-electron chi connectivity index (χ1n) is 7.73. The van der Waals surface area contributed by atoms with Crippen molar-refractivity contribution in [1.29, 1.82) is 0 Å². The standard InChI is InChI=1S/C16H23N5O2S/c1-11-13(24-12(2)18-11)7-6-8-19(3)16(23)14-15(21(5)10-22)17-9-20(14)4/h9-10H,6-8H2,1-5H3. The zero-order valence-corrected chi connectivity index (χ0v) is 15.6. The zero-order valence-electron chi connectivity index (χ0n) is 14.7. The molecular weight excluding hydrogens is 326 g/mol. The van der Waals surface area contributed by atoms with Gasteiger partial charge >= 0.3 is 0 Å². The second-order valence-electron chi connectivity index (χ2n) is 5.82. The van der Waals surface area contributed by atoms with Crippen LogP contribution in [0.4, 0.5) is 5.82 Å². The quantitative estimate of drug-likeness (QED) is 0.715. The monoisotopic (exact) mass is 349 g/mol. The molecule has 130 valence electrons. The number of amides is 2. The average molecular weight is 349 g/mol. The highest BCUT2D eigenvalue weighted by Crippen LogP contribution is 2.20. The maximum absolute atomic E-state index is 12.7. The molecule has 0 atom stereocenters. The molecule has 0 N–H and O–H groups in total. The normalized spacial score (nSPS) is 10.7. The van der Waals surface area contributed by atoms with Gasteiger partial charge in [-0.3, -0.25) is 9.59 Å². The molecule has 8 heteroatoms. The van der Waals surface area contributed by atoms with Gasteiger partial charge in [-0.25, -0.2) is 9.97 Å². The highest BCUT2D eigenvalue weighted by Gasteiger charge is 2.22. The van der Waals surface area contributed by atoms with E-state index in [1.54, 1.807) is 48.3 Å². The van der Waals surface area contributed by atoms with Crippen molar-refractivity contribution in [3.05, 3.63) is 27.6 Å². The van der Waals surface area contributed by atoms with Crippen LogP contribution in [0.25, 0.3) is 0 Å². The third kappa shape index (κ3) is 3.81. The Bertz CT molecular complexity index is 737. The van der Waals surface area contributed by atoms with Gasteiger partial charge in [-0.2, -0.15) is 0 Å². The van der Waals surface area contributed by atoms with Crippen molar-refractivity contribution in [2.45, 2.75) is 26.7 Å². The van der Waals surface area contributed by atoms with Gasteiger partial charge in [0.2, 0.25) is 6.41 Å². The highest BCUT2D eigenvalue weighted by molar-refractivity contribution is 7.11. The fourth-order valence-corrected chi connectivity index (χ4v) is 3.52. The third-order valence-corrected chi connectivity index (χ3v) is 4.99. The predicted octanol–water partition coefficient (Wildman–Crippen LogP) is 1.79. The molecule has 0 radical (unpaired) electrons. The van der Waals surface area contributed by atoms with Crippen LogP contribution in [0, 0.1) is 13.8 Å². The summed E-state index contributed by atoms with van der Waals surface area (Å²) < 4.78 is 1.64. The predicted molar refractivity (Wildman–Crippen MR) is 94.5 cm³/mol. The minimum absolute atomic E-state index is 0.143. The first kappa shape index (κ1) is 18.1. The van der Waals surface area contributed by atoms with Gasteiger partial charge in [-0.05, 0) is 26.7 Å². The van der Waals surface area contributed by atoms with Gasteiger partial charge in [-0.15, -0.1) is 11.3 Å². The summed E-state index contributed by atoms with van der Waals surface area (Å²) in [6.45, 7) is 4.65. The van der Waals surface area contributed by atoms with E-state index < -0.39 is 0 Å². The maximum Gasteiger partial charge on any atom is 0.274 e. The molecule has 0 aliphatic heterocycles. The summed E-state index contributed by atoms with van der Waals surface area (Å²) in [7, 11) is 5.10. The van der Waals surface area contributed by atoms with Gasteiger partial charge in [-0.1, -0.05) is 0 Å². The van der Waals surface area contributed by atoms with E-state index in [1.165, 1.54) is 9.78 Å². The second-order valence-corrected chi connectivity index (χ2v) is 7.10. The van der Waals surface area contributed by atoms with E-state index in [4.69, 9.17) is 0 Å². The molecule has 24 heavy (non-hydrogen) atoms. The zero-order chi connectivity index (χ0) is 17.9. The van der Waals surface area contributed by atoms with Crippen molar-refractivity contribution in [3.63, 3.8) is 0 Å². The Labute approximate surface area is 145 Å². The molecule has 0 aliphatic carbocycles. The number of hydrogen-bond acceptors (Lipinski definition) is 5.